The van der Waals surface area contributed by atoms with Crippen LogP contribution in [0.4, 0.5) is 5.69 Å². The van der Waals surface area contributed by atoms with Crippen LogP contribution < -0.4 is 9.64 Å². The Morgan fingerprint density at radius 2 is 1.92 bits per heavy atom. The van der Waals surface area contributed by atoms with Crippen LogP contribution in [0.5, 0.6) is 5.75 Å². The highest BCUT2D eigenvalue weighted by Gasteiger charge is 2.35. The topological polar surface area (TPSA) is 63.7 Å². The summed E-state index contributed by atoms with van der Waals surface area (Å²) in [6.45, 7) is -0.189. The molecule has 1 atom stereocenters. The van der Waals surface area contributed by atoms with Gasteiger partial charge in [0.05, 0.1) is 17.5 Å². The Labute approximate surface area is 152 Å². The number of hydrogen-bond acceptors (Lipinski definition) is 4. The number of ether oxygens (including phenoxy) is 1. The van der Waals surface area contributed by atoms with E-state index in [4.69, 9.17) is 16.3 Å². The van der Waals surface area contributed by atoms with E-state index < -0.39 is 9.84 Å². The number of amides is 1. The van der Waals surface area contributed by atoms with Gasteiger partial charge in [-0.3, -0.25) is 4.79 Å². The molecule has 0 aromatic heterocycles. The van der Waals surface area contributed by atoms with Gasteiger partial charge in [0, 0.05) is 10.7 Å². The van der Waals surface area contributed by atoms with Crippen LogP contribution >= 0.6 is 11.6 Å². The molecule has 3 rings (SSSR count). The number of anilines is 1. The summed E-state index contributed by atoms with van der Waals surface area (Å²) < 4.78 is 29.2. The molecule has 0 bridgehead atoms. The third-order valence-electron chi connectivity index (χ3n) is 4.03. The minimum atomic E-state index is -3.11. The van der Waals surface area contributed by atoms with Gasteiger partial charge in [-0.1, -0.05) is 35.9 Å². The van der Waals surface area contributed by atoms with E-state index in [-0.39, 0.29) is 30.1 Å². The van der Waals surface area contributed by atoms with Gasteiger partial charge in [-0.15, -0.1) is 0 Å². The fourth-order valence-corrected chi connectivity index (χ4v) is 4.78. The van der Waals surface area contributed by atoms with Crippen molar-refractivity contribution in [3.05, 3.63) is 59.6 Å². The van der Waals surface area contributed by atoms with Crippen molar-refractivity contribution in [2.75, 3.05) is 23.0 Å². The summed E-state index contributed by atoms with van der Waals surface area (Å²) >= 11 is 5.91. The molecule has 132 valence electrons. The second kappa shape index (κ2) is 7.45. The molecule has 1 aliphatic rings. The Kier molecular flexibility index (Phi) is 5.30. The third-order valence-corrected chi connectivity index (χ3v) is 6.02. The predicted octanol–water partition coefficient (Wildman–Crippen LogP) is 2.94. The number of hydrogen-bond donors (Lipinski definition) is 0. The lowest BCUT2D eigenvalue weighted by molar-refractivity contribution is -0.121. The zero-order valence-electron chi connectivity index (χ0n) is 13.5. The van der Waals surface area contributed by atoms with E-state index in [0.29, 0.717) is 22.9 Å². The largest absolute Gasteiger partial charge is 0.484 e. The molecule has 2 aromatic carbocycles. The SMILES string of the molecule is O=C(COc1cccc(Cl)c1)N(c1ccccc1)[C@@H]1CCS(=O)(=O)C1. The lowest BCUT2D eigenvalue weighted by Crippen LogP contribution is -2.43. The highest BCUT2D eigenvalue weighted by atomic mass is 35.5. The van der Waals surface area contributed by atoms with E-state index in [1.807, 2.05) is 18.2 Å². The van der Waals surface area contributed by atoms with Crippen molar-refractivity contribution in [2.45, 2.75) is 12.5 Å². The molecule has 0 unspecified atom stereocenters. The van der Waals surface area contributed by atoms with Crippen molar-refractivity contribution in [3.8, 4) is 5.75 Å². The predicted molar refractivity (Wildman–Crippen MR) is 97.9 cm³/mol. The van der Waals surface area contributed by atoms with Gasteiger partial charge in [0.25, 0.3) is 5.91 Å². The molecule has 1 aliphatic heterocycles. The first kappa shape index (κ1) is 17.8. The van der Waals surface area contributed by atoms with E-state index in [9.17, 15) is 13.2 Å². The van der Waals surface area contributed by atoms with E-state index in [1.54, 1.807) is 36.4 Å². The van der Waals surface area contributed by atoms with Gasteiger partial charge >= 0.3 is 0 Å². The number of rotatable bonds is 5. The van der Waals surface area contributed by atoms with Crippen molar-refractivity contribution in [2.24, 2.45) is 0 Å². The molecule has 1 heterocycles. The van der Waals surface area contributed by atoms with Gasteiger partial charge < -0.3 is 9.64 Å². The molecule has 0 radical (unpaired) electrons. The van der Waals surface area contributed by atoms with Crippen LogP contribution in [0.15, 0.2) is 54.6 Å². The summed E-state index contributed by atoms with van der Waals surface area (Å²) in [7, 11) is -3.11. The summed E-state index contributed by atoms with van der Waals surface area (Å²) in [5.74, 6) is 0.287. The third kappa shape index (κ3) is 4.52. The highest BCUT2D eigenvalue weighted by Crippen LogP contribution is 2.25. The Hall–Kier alpha value is -2.05. The maximum atomic E-state index is 12.8. The van der Waals surface area contributed by atoms with Crippen molar-refractivity contribution < 1.29 is 17.9 Å². The fraction of sp³-hybridized carbons (Fsp3) is 0.278. The van der Waals surface area contributed by atoms with E-state index in [2.05, 4.69) is 0 Å². The molecule has 0 spiro atoms. The Balaban J connectivity index is 1.78. The van der Waals surface area contributed by atoms with Crippen LogP contribution in [-0.2, 0) is 14.6 Å². The lowest BCUT2D eigenvalue weighted by atomic mass is 10.2. The zero-order valence-corrected chi connectivity index (χ0v) is 15.0. The van der Waals surface area contributed by atoms with Crippen LogP contribution in [0.25, 0.3) is 0 Å². The molecule has 0 aliphatic carbocycles. The number of carbonyl (C=O) groups is 1. The first-order chi connectivity index (χ1) is 11.9. The average Bonchev–Trinajstić information content (AvgIpc) is 2.94. The first-order valence-corrected chi connectivity index (χ1v) is 10.1. The minimum absolute atomic E-state index is 0.0230. The van der Waals surface area contributed by atoms with E-state index >= 15 is 0 Å². The molecule has 0 saturated carbocycles. The monoisotopic (exact) mass is 379 g/mol. The van der Waals surface area contributed by atoms with E-state index in [1.165, 1.54) is 4.90 Å². The van der Waals surface area contributed by atoms with Crippen molar-refractivity contribution >= 4 is 33.0 Å². The van der Waals surface area contributed by atoms with Gasteiger partial charge in [0.2, 0.25) is 0 Å². The molecular formula is C18H18ClNO4S. The molecule has 1 amide bonds. The molecule has 1 saturated heterocycles. The fourth-order valence-electron chi connectivity index (χ4n) is 2.90. The molecule has 5 nitrogen and oxygen atoms in total. The standard InChI is InChI=1S/C18H18ClNO4S/c19-14-5-4-8-17(11-14)24-12-18(21)20(15-6-2-1-3-7-15)16-9-10-25(22,23)13-16/h1-8,11,16H,9-10,12-13H2/t16-/m1/s1. The van der Waals surface area contributed by atoms with Gasteiger partial charge in [-0.05, 0) is 36.8 Å². The molecule has 0 N–H and O–H groups in total. The number of para-hydroxylation sites is 1. The Morgan fingerprint density at radius 3 is 2.56 bits per heavy atom. The molecule has 2 aromatic rings. The van der Waals surface area contributed by atoms with E-state index in [0.717, 1.165) is 0 Å². The highest BCUT2D eigenvalue weighted by molar-refractivity contribution is 7.91. The van der Waals surface area contributed by atoms with Crippen LogP contribution in [0.1, 0.15) is 6.42 Å². The number of carbonyl (C=O) groups excluding carboxylic acids is 1. The summed E-state index contributed by atoms with van der Waals surface area (Å²) in [5, 5.41) is 0.520. The summed E-state index contributed by atoms with van der Waals surface area (Å²) in [6, 6.07) is 15.5. The van der Waals surface area contributed by atoms with Gasteiger partial charge in [0.1, 0.15) is 5.75 Å². The number of benzene rings is 2. The Bertz CT molecular complexity index is 854. The summed E-state index contributed by atoms with van der Waals surface area (Å²) in [4.78, 5) is 14.3. The van der Waals surface area contributed by atoms with Crippen LogP contribution in [-0.4, -0.2) is 38.5 Å². The quantitative estimate of drug-likeness (QED) is 0.801. The lowest BCUT2D eigenvalue weighted by Gasteiger charge is -2.28. The average molecular weight is 380 g/mol. The molecule has 1 fully saturated rings. The van der Waals surface area contributed by atoms with Gasteiger partial charge in [-0.25, -0.2) is 8.42 Å². The normalized spacial score (nSPS) is 18.7. The second-order valence-corrected chi connectivity index (χ2v) is 8.57. The van der Waals surface area contributed by atoms with Crippen molar-refractivity contribution in [1.29, 1.82) is 0 Å². The number of nitrogens with zero attached hydrogens (tertiary/aromatic N) is 1. The maximum absolute atomic E-state index is 12.8. The first-order valence-electron chi connectivity index (χ1n) is 7.90. The van der Waals surface area contributed by atoms with Crippen LogP contribution in [0.3, 0.4) is 0 Å². The van der Waals surface area contributed by atoms with Crippen molar-refractivity contribution in [3.63, 3.8) is 0 Å². The van der Waals surface area contributed by atoms with Crippen molar-refractivity contribution in [1.82, 2.24) is 0 Å². The minimum Gasteiger partial charge on any atom is -0.484 e. The van der Waals surface area contributed by atoms with Gasteiger partial charge in [0.15, 0.2) is 16.4 Å². The molecule has 25 heavy (non-hydrogen) atoms. The van der Waals surface area contributed by atoms with Crippen LogP contribution in [0, 0.1) is 0 Å². The van der Waals surface area contributed by atoms with Crippen LogP contribution in [0.2, 0.25) is 5.02 Å². The Morgan fingerprint density at radius 1 is 1.16 bits per heavy atom. The smallest absolute Gasteiger partial charge is 0.265 e. The number of sulfone groups is 1. The number of halogens is 1. The summed E-state index contributed by atoms with van der Waals surface area (Å²) in [5.41, 5.74) is 0.671. The molecular weight excluding hydrogens is 362 g/mol. The maximum Gasteiger partial charge on any atom is 0.265 e. The van der Waals surface area contributed by atoms with Gasteiger partial charge in [-0.2, -0.15) is 0 Å². The second-order valence-electron chi connectivity index (χ2n) is 5.90. The molecule has 7 heteroatoms. The summed E-state index contributed by atoms with van der Waals surface area (Å²) in [6.07, 6.45) is 0.431. The zero-order chi connectivity index (χ0) is 17.9.